The molecule has 2 rings (SSSR count). The molecule has 1 saturated heterocycles. The number of hydrogen-bond acceptors (Lipinski definition) is 4. The molecule has 0 aliphatic carbocycles. The third-order valence-electron chi connectivity index (χ3n) is 2.82. The first-order chi connectivity index (χ1) is 7.29. The molecule has 1 fully saturated rings. The van der Waals surface area contributed by atoms with E-state index in [1.54, 1.807) is 0 Å². The number of benzene rings is 1. The fraction of sp³-hybridized carbons (Fsp3) is 0.455. The lowest BCUT2D eigenvalue weighted by atomic mass is 10.2. The number of likely N-dealkylation sites (N-methyl/N-ethyl adjacent to an activating group) is 1. The first-order valence-electron chi connectivity index (χ1n) is 5.16. The molecular weight excluding hydrogens is 206 g/mol. The summed E-state index contributed by atoms with van der Waals surface area (Å²) in [6, 6.07) is 8.13. The average molecular weight is 221 g/mol. The van der Waals surface area contributed by atoms with Gasteiger partial charge in [0.15, 0.2) is 0 Å². The fourth-order valence-corrected chi connectivity index (χ4v) is 1.91. The van der Waals surface area contributed by atoms with E-state index in [-0.39, 0.29) is 0 Å². The lowest BCUT2D eigenvalue weighted by molar-refractivity contribution is 0.313. The van der Waals surface area contributed by atoms with Gasteiger partial charge in [-0.2, -0.15) is 4.36 Å². The summed E-state index contributed by atoms with van der Waals surface area (Å²) in [5, 5.41) is 0. The lowest BCUT2D eigenvalue weighted by Gasteiger charge is -2.34. The molecule has 0 spiro atoms. The van der Waals surface area contributed by atoms with Crippen LogP contribution in [0.25, 0.3) is 0 Å². The smallest absolute Gasteiger partial charge is 0.0770 e. The second-order valence-electron chi connectivity index (χ2n) is 3.90. The van der Waals surface area contributed by atoms with Crippen LogP contribution in [0.2, 0.25) is 0 Å². The number of piperazine rings is 1. The Morgan fingerprint density at radius 1 is 1.07 bits per heavy atom. The Labute approximate surface area is 95.9 Å². The predicted octanol–water partition coefficient (Wildman–Crippen LogP) is 1.80. The van der Waals surface area contributed by atoms with Crippen molar-refractivity contribution in [2.45, 2.75) is 0 Å². The minimum Gasteiger partial charge on any atom is -0.369 e. The molecule has 0 atom stereocenters. The van der Waals surface area contributed by atoms with Gasteiger partial charge in [-0.25, -0.2) is 0 Å². The van der Waals surface area contributed by atoms with E-state index in [0.29, 0.717) is 0 Å². The van der Waals surface area contributed by atoms with Crippen molar-refractivity contribution in [2.75, 3.05) is 38.1 Å². The monoisotopic (exact) mass is 221 g/mol. The van der Waals surface area contributed by atoms with Gasteiger partial charge in [0.2, 0.25) is 0 Å². The van der Waals surface area contributed by atoms with Gasteiger partial charge in [-0.3, -0.25) is 0 Å². The van der Waals surface area contributed by atoms with Crippen molar-refractivity contribution in [3.63, 3.8) is 0 Å². The van der Waals surface area contributed by atoms with Crippen molar-refractivity contribution < 1.29 is 0 Å². The van der Waals surface area contributed by atoms with Crippen LogP contribution in [0.15, 0.2) is 28.6 Å². The van der Waals surface area contributed by atoms with E-state index in [0.717, 1.165) is 31.9 Å². The molecule has 1 aromatic carbocycles. The van der Waals surface area contributed by atoms with Crippen LogP contribution < -0.4 is 4.90 Å². The zero-order valence-corrected chi connectivity index (χ0v) is 9.70. The van der Waals surface area contributed by atoms with Crippen LogP contribution in [0.3, 0.4) is 0 Å². The maximum atomic E-state index is 4.64. The molecule has 15 heavy (non-hydrogen) atoms. The highest BCUT2D eigenvalue weighted by Crippen LogP contribution is 2.20. The molecule has 1 aliphatic rings. The summed E-state index contributed by atoms with van der Waals surface area (Å²) in [6.45, 7) is 4.46. The van der Waals surface area contributed by atoms with Gasteiger partial charge in [0.1, 0.15) is 0 Å². The number of rotatable bonds is 2. The average Bonchev–Trinajstić information content (AvgIpc) is 2.30. The minimum atomic E-state index is 0.864. The molecule has 1 aliphatic heterocycles. The first kappa shape index (κ1) is 10.5. The van der Waals surface area contributed by atoms with Crippen molar-refractivity contribution >= 4 is 23.8 Å². The van der Waals surface area contributed by atoms with Crippen molar-refractivity contribution in [3.8, 4) is 0 Å². The lowest BCUT2D eigenvalue weighted by Crippen LogP contribution is -2.44. The highest BCUT2D eigenvalue weighted by atomic mass is 32.1. The maximum absolute atomic E-state index is 4.64. The summed E-state index contributed by atoms with van der Waals surface area (Å²) in [6.07, 6.45) is 0. The quantitative estimate of drug-likeness (QED) is 0.759. The highest BCUT2D eigenvalue weighted by molar-refractivity contribution is 7.47. The van der Waals surface area contributed by atoms with E-state index >= 15 is 0 Å². The van der Waals surface area contributed by atoms with E-state index in [1.807, 2.05) is 12.1 Å². The van der Waals surface area contributed by atoms with E-state index in [2.05, 4.69) is 45.8 Å². The van der Waals surface area contributed by atoms with Gasteiger partial charge < -0.3 is 9.80 Å². The van der Waals surface area contributed by atoms with Crippen LogP contribution in [0.5, 0.6) is 0 Å². The largest absolute Gasteiger partial charge is 0.369 e. The van der Waals surface area contributed by atoms with Gasteiger partial charge in [0.05, 0.1) is 5.69 Å². The third kappa shape index (κ3) is 2.52. The molecule has 80 valence electrons. The molecule has 0 unspecified atom stereocenters. The Morgan fingerprint density at radius 2 is 1.67 bits per heavy atom. The SMILES string of the molecule is CN1CCN(c2ccc(N=S)cc2)CC1. The van der Waals surface area contributed by atoms with Crippen LogP contribution in [0.1, 0.15) is 0 Å². The summed E-state index contributed by atoms with van der Waals surface area (Å²) in [4.78, 5) is 4.75. The standard InChI is InChI=1S/C11H15N3S/c1-13-6-8-14(9-7-13)11-4-2-10(12-15)3-5-11/h2-5H,6-9H2,1H3. The first-order valence-corrected chi connectivity index (χ1v) is 5.53. The Bertz CT molecular complexity index is 328. The Kier molecular flexibility index (Phi) is 3.28. The molecule has 3 nitrogen and oxygen atoms in total. The molecule has 0 aromatic heterocycles. The summed E-state index contributed by atoms with van der Waals surface area (Å²) in [7, 11) is 2.16. The summed E-state index contributed by atoms with van der Waals surface area (Å²) in [5.41, 5.74) is 2.13. The Hall–Kier alpha value is -1.00. The Morgan fingerprint density at radius 3 is 2.20 bits per heavy atom. The molecule has 0 N–H and O–H groups in total. The number of nitrogens with zero attached hydrogens (tertiary/aromatic N) is 3. The third-order valence-corrected chi connectivity index (χ3v) is 3.03. The molecule has 4 heteroatoms. The minimum absolute atomic E-state index is 0.864. The van der Waals surface area contributed by atoms with Crippen molar-refractivity contribution in [2.24, 2.45) is 4.36 Å². The van der Waals surface area contributed by atoms with Crippen molar-refractivity contribution in [1.82, 2.24) is 4.90 Å². The van der Waals surface area contributed by atoms with Gasteiger partial charge in [-0.05, 0) is 31.3 Å². The summed E-state index contributed by atoms with van der Waals surface area (Å²) >= 11 is 4.64. The van der Waals surface area contributed by atoms with Gasteiger partial charge in [-0.1, -0.05) is 0 Å². The van der Waals surface area contributed by atoms with Crippen molar-refractivity contribution in [3.05, 3.63) is 24.3 Å². The Balaban J connectivity index is 2.06. The molecule has 1 aromatic rings. The molecule has 0 amide bonds. The summed E-state index contributed by atoms with van der Waals surface area (Å²) in [5.74, 6) is 0. The van der Waals surface area contributed by atoms with E-state index in [4.69, 9.17) is 0 Å². The summed E-state index contributed by atoms with van der Waals surface area (Å²) < 4.78 is 3.73. The van der Waals surface area contributed by atoms with E-state index < -0.39 is 0 Å². The predicted molar refractivity (Wildman–Crippen MR) is 65.6 cm³/mol. The van der Waals surface area contributed by atoms with Crippen LogP contribution >= 0.6 is 0 Å². The fourth-order valence-electron chi connectivity index (χ4n) is 1.79. The van der Waals surface area contributed by atoms with Gasteiger partial charge in [0, 0.05) is 44.3 Å². The molecule has 0 saturated carbocycles. The van der Waals surface area contributed by atoms with E-state index in [9.17, 15) is 0 Å². The highest BCUT2D eigenvalue weighted by Gasteiger charge is 2.13. The second-order valence-corrected chi connectivity index (χ2v) is 4.08. The topological polar surface area (TPSA) is 18.8 Å². The molecule has 0 radical (unpaired) electrons. The number of anilines is 1. The van der Waals surface area contributed by atoms with Crippen molar-refractivity contribution in [1.29, 1.82) is 0 Å². The maximum Gasteiger partial charge on any atom is 0.0770 e. The van der Waals surface area contributed by atoms with Gasteiger partial charge in [-0.15, -0.1) is 0 Å². The zero-order valence-electron chi connectivity index (χ0n) is 8.89. The molecular formula is C11H15N3S. The zero-order chi connectivity index (χ0) is 10.7. The van der Waals surface area contributed by atoms with E-state index in [1.165, 1.54) is 5.69 Å². The number of hydrogen-bond donors (Lipinski definition) is 0. The normalized spacial score (nSPS) is 17.8. The van der Waals surface area contributed by atoms with Crippen LogP contribution in [-0.4, -0.2) is 38.1 Å². The molecule has 0 bridgehead atoms. The molecule has 1 heterocycles. The van der Waals surface area contributed by atoms with Crippen LogP contribution in [0.4, 0.5) is 11.4 Å². The van der Waals surface area contributed by atoms with Gasteiger partial charge in [0.25, 0.3) is 0 Å². The van der Waals surface area contributed by atoms with Crippen LogP contribution in [0, 0.1) is 0 Å². The second kappa shape index (κ2) is 4.68. The van der Waals surface area contributed by atoms with Gasteiger partial charge >= 0.3 is 0 Å². The van der Waals surface area contributed by atoms with Crippen LogP contribution in [-0.2, 0) is 12.4 Å².